The van der Waals surface area contributed by atoms with Crippen molar-refractivity contribution in [3.05, 3.63) is 45.4 Å². The van der Waals surface area contributed by atoms with Gasteiger partial charge in [0.1, 0.15) is 5.75 Å². The minimum Gasteiger partial charge on any atom is -0.495 e. The molecule has 10 heteroatoms. The van der Waals surface area contributed by atoms with Gasteiger partial charge in [-0.25, -0.2) is 8.42 Å². The minimum absolute atomic E-state index is 0.0118. The molecule has 0 atom stereocenters. The zero-order valence-electron chi connectivity index (χ0n) is 17.4. The lowest BCUT2D eigenvalue weighted by molar-refractivity contribution is -0.119. The number of carbonyl (C=O) groups is 2. The van der Waals surface area contributed by atoms with E-state index in [0.29, 0.717) is 39.6 Å². The third-order valence-electron chi connectivity index (χ3n) is 5.55. The predicted molar refractivity (Wildman–Crippen MR) is 126 cm³/mol. The number of ether oxygens (including phenoxy) is 1. The monoisotopic (exact) mass is 540 g/mol. The fourth-order valence-electron chi connectivity index (χ4n) is 3.78. The molecule has 1 aliphatic heterocycles. The highest BCUT2D eigenvalue weighted by Crippen LogP contribution is 2.41. The summed E-state index contributed by atoms with van der Waals surface area (Å²) in [5, 5.41) is 2.99. The summed E-state index contributed by atoms with van der Waals surface area (Å²) in [4.78, 5) is 26.8. The van der Waals surface area contributed by atoms with Crippen LogP contribution >= 0.6 is 27.5 Å². The molecule has 2 aromatic carbocycles. The number of carbonyl (C=O) groups excluding carboxylic acids is 2. The number of nitrogens with one attached hydrogen (secondary N) is 1. The molecule has 1 aliphatic carbocycles. The zero-order chi connectivity index (χ0) is 23.0. The molecule has 32 heavy (non-hydrogen) atoms. The first kappa shape index (κ1) is 23.1. The van der Waals surface area contributed by atoms with Crippen LogP contribution in [0.3, 0.4) is 0 Å². The molecule has 1 N–H and O–H groups in total. The van der Waals surface area contributed by atoms with Gasteiger partial charge in [0.15, 0.2) is 9.84 Å². The van der Waals surface area contributed by atoms with Gasteiger partial charge in [-0.15, -0.1) is 0 Å². The Labute approximate surface area is 200 Å². The van der Waals surface area contributed by atoms with E-state index in [1.165, 1.54) is 19.2 Å². The van der Waals surface area contributed by atoms with Gasteiger partial charge in [0.05, 0.1) is 28.5 Å². The Morgan fingerprint density at radius 1 is 1.25 bits per heavy atom. The van der Waals surface area contributed by atoms with E-state index in [0.717, 1.165) is 18.4 Å². The van der Waals surface area contributed by atoms with Gasteiger partial charge in [0.25, 0.3) is 0 Å². The van der Waals surface area contributed by atoms with Crippen LogP contribution < -0.4 is 15.0 Å². The summed E-state index contributed by atoms with van der Waals surface area (Å²) in [6.07, 6.45) is 2.07. The summed E-state index contributed by atoms with van der Waals surface area (Å²) >= 11 is 9.45. The molecular weight excluding hydrogens is 520 g/mol. The molecule has 0 saturated heterocycles. The Kier molecular flexibility index (Phi) is 6.51. The van der Waals surface area contributed by atoms with Crippen molar-refractivity contribution < 1.29 is 22.7 Å². The number of benzene rings is 2. The normalized spacial score (nSPS) is 15.4. The van der Waals surface area contributed by atoms with Crippen molar-refractivity contribution in [1.29, 1.82) is 0 Å². The topological polar surface area (TPSA) is 92.8 Å². The molecule has 1 heterocycles. The van der Waals surface area contributed by atoms with Crippen molar-refractivity contribution in [3.8, 4) is 5.75 Å². The van der Waals surface area contributed by atoms with Crippen LogP contribution in [-0.4, -0.2) is 39.6 Å². The lowest BCUT2D eigenvalue weighted by Gasteiger charge is -2.20. The van der Waals surface area contributed by atoms with Crippen LogP contribution in [0, 0.1) is 5.92 Å². The molecule has 4 rings (SSSR count). The lowest BCUT2D eigenvalue weighted by atomic mass is 10.2. The first-order chi connectivity index (χ1) is 15.2. The molecule has 1 saturated carbocycles. The van der Waals surface area contributed by atoms with Gasteiger partial charge < -0.3 is 15.0 Å². The number of hydrogen-bond acceptors (Lipinski definition) is 5. The van der Waals surface area contributed by atoms with E-state index in [1.54, 1.807) is 17.0 Å². The SMILES string of the molecule is COc1ccc(NC(=O)CCS(=O)(=O)c2cc(Br)cc3c2N(C(=O)C2CC2)CC3)cc1Cl. The summed E-state index contributed by atoms with van der Waals surface area (Å²) in [6, 6.07) is 8.16. The van der Waals surface area contributed by atoms with Gasteiger partial charge in [-0.3, -0.25) is 9.59 Å². The van der Waals surface area contributed by atoms with Crippen molar-refractivity contribution in [2.24, 2.45) is 5.92 Å². The van der Waals surface area contributed by atoms with E-state index in [2.05, 4.69) is 21.2 Å². The highest BCUT2D eigenvalue weighted by atomic mass is 79.9. The van der Waals surface area contributed by atoms with E-state index >= 15 is 0 Å². The average Bonchev–Trinajstić information content (AvgIpc) is 3.51. The quantitative estimate of drug-likeness (QED) is 0.567. The van der Waals surface area contributed by atoms with Gasteiger partial charge >= 0.3 is 0 Å². The van der Waals surface area contributed by atoms with Gasteiger partial charge in [-0.2, -0.15) is 0 Å². The molecule has 0 aromatic heterocycles. The molecular formula is C22H22BrClN2O5S. The Morgan fingerprint density at radius 3 is 2.66 bits per heavy atom. The number of anilines is 2. The van der Waals surface area contributed by atoms with Gasteiger partial charge in [0, 0.05) is 29.0 Å². The van der Waals surface area contributed by atoms with E-state index in [-0.39, 0.29) is 28.9 Å². The first-order valence-corrected chi connectivity index (χ1v) is 13.0. The summed E-state index contributed by atoms with van der Waals surface area (Å²) < 4.78 is 32.1. The maximum absolute atomic E-state index is 13.2. The standard InChI is InChI=1S/C22H22BrClN2O5S/c1-31-18-5-4-16(12-17(18)24)25-20(27)7-9-32(29,30)19-11-15(23)10-14-6-8-26(21(14)19)22(28)13-2-3-13/h4-5,10-13H,2-3,6-9H2,1H3,(H,25,27). The van der Waals surface area contributed by atoms with Crippen molar-refractivity contribution in [3.63, 3.8) is 0 Å². The van der Waals surface area contributed by atoms with Crippen molar-refractivity contribution in [2.75, 3.05) is 29.6 Å². The summed E-state index contributed by atoms with van der Waals surface area (Å²) in [6.45, 7) is 0.475. The van der Waals surface area contributed by atoms with E-state index < -0.39 is 15.7 Å². The van der Waals surface area contributed by atoms with Crippen LogP contribution in [0.1, 0.15) is 24.8 Å². The number of amides is 2. The molecule has 0 unspecified atom stereocenters. The van der Waals surface area contributed by atoms with E-state index in [4.69, 9.17) is 16.3 Å². The van der Waals surface area contributed by atoms with E-state index in [9.17, 15) is 18.0 Å². The highest BCUT2D eigenvalue weighted by molar-refractivity contribution is 9.10. The fourth-order valence-corrected chi connectivity index (χ4v) is 6.21. The molecule has 0 bridgehead atoms. The number of hydrogen-bond donors (Lipinski definition) is 1. The van der Waals surface area contributed by atoms with Crippen LogP contribution in [0.25, 0.3) is 0 Å². The van der Waals surface area contributed by atoms with E-state index in [1.807, 2.05) is 6.07 Å². The number of sulfone groups is 1. The Hall–Kier alpha value is -2.10. The molecule has 0 radical (unpaired) electrons. The Bertz CT molecular complexity index is 1200. The third kappa shape index (κ3) is 4.79. The van der Waals surface area contributed by atoms with Crippen molar-refractivity contribution in [1.82, 2.24) is 0 Å². The zero-order valence-corrected chi connectivity index (χ0v) is 20.5. The molecule has 2 aromatic rings. The lowest BCUT2D eigenvalue weighted by Crippen LogP contribution is -2.31. The highest BCUT2D eigenvalue weighted by Gasteiger charge is 2.39. The van der Waals surface area contributed by atoms with Crippen LogP contribution in [0.4, 0.5) is 11.4 Å². The van der Waals surface area contributed by atoms with Crippen LogP contribution in [0.15, 0.2) is 39.7 Å². The summed E-state index contributed by atoms with van der Waals surface area (Å²) in [5.74, 6) is -0.385. The minimum atomic E-state index is -3.82. The number of methoxy groups -OCH3 is 1. The summed E-state index contributed by atoms with van der Waals surface area (Å²) in [5.41, 5.74) is 1.74. The Balaban J connectivity index is 1.51. The maximum atomic E-state index is 13.2. The fraction of sp³-hybridized carbons (Fsp3) is 0.364. The molecule has 0 spiro atoms. The predicted octanol–water partition coefficient (Wildman–Crippen LogP) is 4.21. The van der Waals surface area contributed by atoms with Gasteiger partial charge in [-0.1, -0.05) is 27.5 Å². The van der Waals surface area contributed by atoms with Crippen LogP contribution in [0.5, 0.6) is 5.75 Å². The molecule has 170 valence electrons. The van der Waals surface area contributed by atoms with Crippen LogP contribution in [-0.2, 0) is 25.8 Å². The summed E-state index contributed by atoms with van der Waals surface area (Å²) in [7, 11) is -2.33. The molecule has 2 aliphatic rings. The largest absolute Gasteiger partial charge is 0.495 e. The average molecular weight is 542 g/mol. The number of rotatable bonds is 7. The maximum Gasteiger partial charge on any atom is 0.230 e. The second kappa shape index (κ2) is 9.03. The second-order valence-corrected chi connectivity index (χ2v) is 11.3. The first-order valence-electron chi connectivity index (χ1n) is 10.2. The molecule has 2 amide bonds. The molecule has 7 nitrogen and oxygen atoms in total. The molecule has 1 fully saturated rings. The second-order valence-electron chi connectivity index (χ2n) is 7.89. The van der Waals surface area contributed by atoms with Gasteiger partial charge in [0.2, 0.25) is 11.8 Å². The number of fused-ring (bicyclic) bond motifs is 1. The Morgan fingerprint density at radius 2 is 2.00 bits per heavy atom. The number of nitrogens with zero attached hydrogens (tertiary/aromatic N) is 1. The number of halogens is 2. The van der Waals surface area contributed by atoms with Crippen LogP contribution in [0.2, 0.25) is 5.02 Å². The third-order valence-corrected chi connectivity index (χ3v) is 8.03. The smallest absolute Gasteiger partial charge is 0.230 e. The van der Waals surface area contributed by atoms with Crippen molar-refractivity contribution in [2.45, 2.75) is 30.6 Å². The van der Waals surface area contributed by atoms with Crippen molar-refractivity contribution >= 4 is 60.6 Å². The van der Waals surface area contributed by atoms with Gasteiger partial charge in [-0.05, 0) is 55.2 Å².